The van der Waals surface area contributed by atoms with Crippen molar-refractivity contribution in [3.05, 3.63) is 40.1 Å². The summed E-state index contributed by atoms with van der Waals surface area (Å²) in [7, 11) is -3.63. The number of pyridine rings is 1. The lowest BCUT2D eigenvalue weighted by molar-refractivity contribution is 0.581. The quantitative estimate of drug-likeness (QED) is 0.869. The highest BCUT2D eigenvalue weighted by molar-refractivity contribution is 7.89. The number of halogens is 1. The SMILES string of the molecule is O=S(=O)(NCc1cncs1)c1cccnc1Cl. The van der Waals surface area contributed by atoms with Gasteiger partial charge in [0, 0.05) is 23.8 Å². The highest BCUT2D eigenvalue weighted by Gasteiger charge is 2.17. The molecule has 1 N–H and O–H groups in total. The summed E-state index contributed by atoms with van der Waals surface area (Å²) < 4.78 is 26.2. The molecule has 0 aliphatic carbocycles. The van der Waals surface area contributed by atoms with E-state index in [4.69, 9.17) is 11.6 Å². The minimum atomic E-state index is -3.63. The standard InChI is InChI=1S/C9H8ClN3O2S2/c10-9-8(2-1-3-12-9)17(14,15)13-5-7-4-11-6-16-7/h1-4,6,13H,5H2. The molecule has 2 heterocycles. The summed E-state index contributed by atoms with van der Waals surface area (Å²) >= 11 is 7.11. The van der Waals surface area contributed by atoms with Gasteiger partial charge in [0.15, 0.2) is 0 Å². The fraction of sp³-hybridized carbons (Fsp3) is 0.111. The molecule has 17 heavy (non-hydrogen) atoms. The number of hydrogen-bond donors (Lipinski definition) is 1. The Kier molecular flexibility index (Phi) is 3.72. The highest BCUT2D eigenvalue weighted by atomic mass is 35.5. The number of rotatable bonds is 4. The van der Waals surface area contributed by atoms with Gasteiger partial charge in [-0.15, -0.1) is 11.3 Å². The molecule has 2 aromatic rings. The lowest BCUT2D eigenvalue weighted by atomic mass is 10.5. The molecule has 0 bridgehead atoms. The van der Waals surface area contributed by atoms with Gasteiger partial charge in [-0.05, 0) is 12.1 Å². The number of sulfonamides is 1. The van der Waals surface area contributed by atoms with Crippen LogP contribution < -0.4 is 4.72 Å². The van der Waals surface area contributed by atoms with Crippen molar-refractivity contribution in [1.82, 2.24) is 14.7 Å². The van der Waals surface area contributed by atoms with Gasteiger partial charge in [0.25, 0.3) is 0 Å². The second kappa shape index (κ2) is 5.09. The zero-order valence-corrected chi connectivity index (χ0v) is 10.9. The van der Waals surface area contributed by atoms with E-state index >= 15 is 0 Å². The molecule has 0 aliphatic heterocycles. The van der Waals surface area contributed by atoms with Crippen molar-refractivity contribution in [2.24, 2.45) is 0 Å². The van der Waals surface area contributed by atoms with Crippen molar-refractivity contribution in [2.45, 2.75) is 11.4 Å². The molecule has 90 valence electrons. The maximum atomic E-state index is 11.9. The molecule has 0 saturated carbocycles. The molecule has 0 aromatic carbocycles. The van der Waals surface area contributed by atoms with Crippen LogP contribution in [-0.2, 0) is 16.6 Å². The molecule has 0 fully saturated rings. The van der Waals surface area contributed by atoms with Gasteiger partial charge in [0.1, 0.15) is 10.0 Å². The Labute approximate surface area is 108 Å². The number of hydrogen-bond acceptors (Lipinski definition) is 5. The summed E-state index contributed by atoms with van der Waals surface area (Å²) in [6.45, 7) is 0.193. The number of thiazole rings is 1. The van der Waals surface area contributed by atoms with Crippen molar-refractivity contribution >= 4 is 33.0 Å². The number of nitrogens with zero attached hydrogens (tertiary/aromatic N) is 2. The predicted octanol–water partition coefficient (Wildman–Crippen LogP) is 1.67. The molecule has 0 unspecified atom stereocenters. The molecular weight excluding hydrogens is 282 g/mol. The van der Waals surface area contributed by atoms with Crippen LogP contribution in [0.15, 0.2) is 34.9 Å². The first-order valence-electron chi connectivity index (χ1n) is 4.57. The monoisotopic (exact) mass is 289 g/mol. The van der Waals surface area contributed by atoms with E-state index in [1.165, 1.54) is 29.7 Å². The van der Waals surface area contributed by atoms with Crippen LogP contribution in [0.25, 0.3) is 0 Å². The minimum absolute atomic E-state index is 0.0221. The first kappa shape index (κ1) is 12.4. The van der Waals surface area contributed by atoms with Gasteiger partial charge in [0.2, 0.25) is 10.0 Å². The Bertz CT molecular complexity index is 598. The maximum absolute atomic E-state index is 11.9. The van der Waals surface area contributed by atoms with Crippen LogP contribution >= 0.6 is 22.9 Å². The van der Waals surface area contributed by atoms with Crippen molar-refractivity contribution in [1.29, 1.82) is 0 Å². The van der Waals surface area contributed by atoms with Crippen LogP contribution in [0, 0.1) is 0 Å². The minimum Gasteiger partial charge on any atom is -0.253 e. The van der Waals surface area contributed by atoms with E-state index < -0.39 is 10.0 Å². The molecular formula is C9H8ClN3O2S2. The first-order chi connectivity index (χ1) is 8.09. The summed E-state index contributed by atoms with van der Waals surface area (Å²) in [6, 6.07) is 2.93. The van der Waals surface area contributed by atoms with E-state index in [0.29, 0.717) is 0 Å². The molecule has 0 atom stereocenters. The van der Waals surface area contributed by atoms with E-state index in [9.17, 15) is 8.42 Å². The predicted molar refractivity (Wildman–Crippen MR) is 65.4 cm³/mol. The van der Waals surface area contributed by atoms with E-state index in [-0.39, 0.29) is 16.6 Å². The molecule has 0 spiro atoms. The highest BCUT2D eigenvalue weighted by Crippen LogP contribution is 2.18. The van der Waals surface area contributed by atoms with Gasteiger partial charge in [0.05, 0.1) is 5.51 Å². The molecule has 0 amide bonds. The largest absolute Gasteiger partial charge is 0.253 e. The summed E-state index contributed by atoms with van der Waals surface area (Å²) in [5, 5.41) is -0.0377. The fourth-order valence-electron chi connectivity index (χ4n) is 1.15. The average molecular weight is 290 g/mol. The van der Waals surface area contributed by atoms with Crippen molar-refractivity contribution in [2.75, 3.05) is 0 Å². The molecule has 0 aliphatic rings. The zero-order chi connectivity index (χ0) is 12.3. The Morgan fingerprint density at radius 2 is 2.29 bits per heavy atom. The van der Waals surface area contributed by atoms with Gasteiger partial charge in [-0.2, -0.15) is 0 Å². The third-order valence-electron chi connectivity index (χ3n) is 1.93. The third kappa shape index (κ3) is 3.01. The lowest BCUT2D eigenvalue weighted by Gasteiger charge is -2.05. The number of nitrogens with one attached hydrogen (secondary N) is 1. The van der Waals surface area contributed by atoms with Crippen LogP contribution in [-0.4, -0.2) is 18.4 Å². The van der Waals surface area contributed by atoms with Crippen LogP contribution in [0.3, 0.4) is 0 Å². The lowest BCUT2D eigenvalue weighted by Crippen LogP contribution is -2.23. The van der Waals surface area contributed by atoms with Gasteiger partial charge >= 0.3 is 0 Å². The normalized spacial score (nSPS) is 11.6. The second-order valence-electron chi connectivity index (χ2n) is 3.08. The van der Waals surface area contributed by atoms with Crippen molar-refractivity contribution in [3.63, 3.8) is 0 Å². The fourth-order valence-corrected chi connectivity index (χ4v) is 3.23. The number of aromatic nitrogens is 2. The van der Waals surface area contributed by atoms with Gasteiger partial charge in [-0.3, -0.25) is 4.98 Å². The van der Waals surface area contributed by atoms with Crippen LogP contribution in [0.4, 0.5) is 0 Å². The summed E-state index contributed by atoms with van der Waals surface area (Å²) in [5.41, 5.74) is 1.64. The van der Waals surface area contributed by atoms with Crippen LogP contribution in [0.5, 0.6) is 0 Å². The molecule has 0 radical (unpaired) electrons. The summed E-state index contributed by atoms with van der Waals surface area (Å²) in [6.07, 6.45) is 3.04. The zero-order valence-electron chi connectivity index (χ0n) is 8.50. The third-order valence-corrected chi connectivity index (χ3v) is 4.56. The van der Waals surface area contributed by atoms with E-state index in [1.54, 1.807) is 11.7 Å². The first-order valence-corrected chi connectivity index (χ1v) is 7.31. The van der Waals surface area contributed by atoms with Crippen LogP contribution in [0.1, 0.15) is 4.88 Å². The van der Waals surface area contributed by atoms with Crippen molar-refractivity contribution < 1.29 is 8.42 Å². The maximum Gasteiger partial charge on any atom is 0.243 e. The molecule has 5 nitrogen and oxygen atoms in total. The summed E-state index contributed by atoms with van der Waals surface area (Å²) in [4.78, 5) is 8.39. The van der Waals surface area contributed by atoms with Gasteiger partial charge in [-0.25, -0.2) is 18.1 Å². The average Bonchev–Trinajstić information content (AvgIpc) is 2.80. The molecule has 2 rings (SSSR count). The Hall–Kier alpha value is -1.02. The Morgan fingerprint density at radius 3 is 2.94 bits per heavy atom. The van der Waals surface area contributed by atoms with E-state index in [1.807, 2.05) is 0 Å². The smallest absolute Gasteiger partial charge is 0.243 e. The van der Waals surface area contributed by atoms with Crippen molar-refractivity contribution in [3.8, 4) is 0 Å². The van der Waals surface area contributed by atoms with E-state index in [0.717, 1.165) is 4.88 Å². The molecule has 8 heteroatoms. The topological polar surface area (TPSA) is 72.0 Å². The van der Waals surface area contributed by atoms with Gasteiger partial charge in [-0.1, -0.05) is 11.6 Å². The van der Waals surface area contributed by atoms with E-state index in [2.05, 4.69) is 14.7 Å². The second-order valence-corrected chi connectivity index (χ2v) is 6.15. The van der Waals surface area contributed by atoms with Crippen LogP contribution in [0.2, 0.25) is 5.15 Å². The Balaban J connectivity index is 2.17. The molecule has 2 aromatic heterocycles. The summed E-state index contributed by atoms with van der Waals surface area (Å²) in [5.74, 6) is 0. The van der Waals surface area contributed by atoms with Gasteiger partial charge < -0.3 is 0 Å². The molecule has 0 saturated heterocycles. The Morgan fingerprint density at radius 1 is 1.47 bits per heavy atom.